The molecule has 1 N–H and O–H groups in total. The van der Waals surface area contributed by atoms with Gasteiger partial charge in [0, 0.05) is 13.1 Å². The van der Waals surface area contributed by atoms with Gasteiger partial charge in [0.2, 0.25) is 5.95 Å². The monoisotopic (exact) mass is 414 g/mol. The molecular formula is C17H17Cl3N4O2. The molecule has 9 heteroatoms. The Morgan fingerprint density at radius 1 is 1.19 bits per heavy atom. The van der Waals surface area contributed by atoms with Gasteiger partial charge < -0.3 is 15.0 Å². The molecule has 0 saturated carbocycles. The molecule has 1 saturated heterocycles. The Balaban J connectivity index is 1.77. The minimum atomic E-state index is -0.384. The summed E-state index contributed by atoms with van der Waals surface area (Å²) < 4.78 is 5.32. The molecule has 1 unspecified atom stereocenters. The molecule has 1 fully saturated rings. The SMILES string of the molecule is CC(NC(=O)c1nc(N2CCOCC2)ncc1Cl)c1ccc(Cl)c(Cl)c1. The number of benzene rings is 1. The summed E-state index contributed by atoms with van der Waals surface area (Å²) in [6.45, 7) is 4.38. The van der Waals surface area contributed by atoms with Crippen LogP contribution in [-0.2, 0) is 4.74 Å². The molecule has 26 heavy (non-hydrogen) atoms. The zero-order chi connectivity index (χ0) is 18.7. The Morgan fingerprint density at radius 3 is 2.62 bits per heavy atom. The number of nitrogens with one attached hydrogen (secondary N) is 1. The summed E-state index contributed by atoms with van der Waals surface area (Å²) in [5.74, 6) is 0.0792. The van der Waals surface area contributed by atoms with Crippen LogP contribution >= 0.6 is 34.8 Å². The Kier molecular flexibility index (Phi) is 6.19. The number of hydrogen-bond acceptors (Lipinski definition) is 5. The summed E-state index contributed by atoms with van der Waals surface area (Å²) in [5.41, 5.74) is 0.960. The number of aromatic nitrogens is 2. The van der Waals surface area contributed by atoms with Crippen molar-refractivity contribution in [3.63, 3.8) is 0 Å². The molecule has 0 spiro atoms. The number of amides is 1. The average molecular weight is 416 g/mol. The quantitative estimate of drug-likeness (QED) is 0.823. The summed E-state index contributed by atoms with van der Waals surface area (Å²) in [4.78, 5) is 23.2. The molecular weight excluding hydrogens is 399 g/mol. The molecule has 2 heterocycles. The highest BCUT2D eigenvalue weighted by Crippen LogP contribution is 2.26. The van der Waals surface area contributed by atoms with Gasteiger partial charge in [-0.15, -0.1) is 0 Å². The molecule has 6 nitrogen and oxygen atoms in total. The van der Waals surface area contributed by atoms with E-state index in [0.29, 0.717) is 42.3 Å². The van der Waals surface area contributed by atoms with Crippen LogP contribution in [-0.4, -0.2) is 42.2 Å². The van der Waals surface area contributed by atoms with Crippen molar-refractivity contribution in [1.29, 1.82) is 0 Å². The zero-order valence-corrected chi connectivity index (χ0v) is 16.3. The number of ether oxygens (including phenoxy) is 1. The van der Waals surface area contributed by atoms with Crippen molar-refractivity contribution in [2.24, 2.45) is 0 Å². The van der Waals surface area contributed by atoms with Crippen LogP contribution in [0.5, 0.6) is 0 Å². The van der Waals surface area contributed by atoms with Crippen molar-refractivity contribution in [3.05, 3.63) is 50.7 Å². The molecule has 0 bridgehead atoms. The van der Waals surface area contributed by atoms with Crippen molar-refractivity contribution in [2.45, 2.75) is 13.0 Å². The van der Waals surface area contributed by atoms with E-state index >= 15 is 0 Å². The van der Waals surface area contributed by atoms with Crippen molar-refractivity contribution in [3.8, 4) is 0 Å². The second-order valence-electron chi connectivity index (χ2n) is 5.83. The third-order valence-corrected chi connectivity index (χ3v) is 5.05. The van der Waals surface area contributed by atoms with Crippen molar-refractivity contribution >= 4 is 46.7 Å². The first kappa shape index (κ1) is 19.2. The van der Waals surface area contributed by atoms with Crippen molar-refractivity contribution in [1.82, 2.24) is 15.3 Å². The number of nitrogens with zero attached hydrogens (tertiary/aromatic N) is 3. The highest BCUT2D eigenvalue weighted by atomic mass is 35.5. The largest absolute Gasteiger partial charge is 0.378 e. The predicted octanol–water partition coefficient (Wildman–Crippen LogP) is 3.76. The average Bonchev–Trinajstić information content (AvgIpc) is 2.65. The van der Waals surface area contributed by atoms with Crippen LogP contribution in [0, 0.1) is 0 Å². The molecule has 1 atom stereocenters. The van der Waals surface area contributed by atoms with E-state index in [1.807, 2.05) is 11.8 Å². The van der Waals surface area contributed by atoms with E-state index < -0.39 is 0 Å². The fourth-order valence-electron chi connectivity index (χ4n) is 2.56. The van der Waals surface area contributed by atoms with E-state index in [2.05, 4.69) is 15.3 Å². The molecule has 3 rings (SSSR count). The van der Waals surface area contributed by atoms with Crippen LogP contribution in [0.3, 0.4) is 0 Å². The highest BCUT2D eigenvalue weighted by molar-refractivity contribution is 6.42. The van der Waals surface area contributed by atoms with Gasteiger partial charge in [-0.25, -0.2) is 9.97 Å². The van der Waals surface area contributed by atoms with Gasteiger partial charge in [0.05, 0.1) is 40.5 Å². The Morgan fingerprint density at radius 2 is 1.92 bits per heavy atom. The van der Waals surface area contributed by atoms with Gasteiger partial charge in [-0.05, 0) is 24.6 Å². The first-order valence-corrected chi connectivity index (χ1v) is 9.20. The third kappa shape index (κ3) is 4.38. The second-order valence-corrected chi connectivity index (χ2v) is 7.06. The summed E-state index contributed by atoms with van der Waals surface area (Å²) in [6.07, 6.45) is 1.44. The van der Waals surface area contributed by atoms with Gasteiger partial charge >= 0.3 is 0 Å². The van der Waals surface area contributed by atoms with Crippen LogP contribution in [0.2, 0.25) is 15.1 Å². The second kappa shape index (κ2) is 8.39. The van der Waals surface area contributed by atoms with Crippen LogP contribution in [0.1, 0.15) is 29.0 Å². The lowest BCUT2D eigenvalue weighted by atomic mass is 10.1. The lowest BCUT2D eigenvalue weighted by Gasteiger charge is -2.27. The molecule has 138 valence electrons. The van der Waals surface area contributed by atoms with Gasteiger partial charge in [0.15, 0.2) is 5.69 Å². The van der Waals surface area contributed by atoms with E-state index in [0.717, 1.165) is 5.56 Å². The zero-order valence-electron chi connectivity index (χ0n) is 14.0. The normalized spacial score (nSPS) is 15.6. The number of halogens is 3. The fourth-order valence-corrected chi connectivity index (χ4v) is 3.05. The Labute approximate surface area is 166 Å². The van der Waals surface area contributed by atoms with Gasteiger partial charge in [-0.1, -0.05) is 40.9 Å². The maximum atomic E-state index is 12.6. The number of anilines is 1. The van der Waals surface area contributed by atoms with E-state index in [1.165, 1.54) is 6.20 Å². The van der Waals surface area contributed by atoms with Gasteiger partial charge in [0.25, 0.3) is 5.91 Å². The maximum Gasteiger partial charge on any atom is 0.272 e. The number of carbonyl (C=O) groups excluding carboxylic acids is 1. The molecule has 1 aromatic carbocycles. The van der Waals surface area contributed by atoms with Crippen molar-refractivity contribution < 1.29 is 9.53 Å². The lowest BCUT2D eigenvalue weighted by molar-refractivity contribution is 0.0934. The summed E-state index contributed by atoms with van der Waals surface area (Å²) in [7, 11) is 0. The van der Waals surface area contributed by atoms with Crippen LogP contribution in [0.15, 0.2) is 24.4 Å². The number of hydrogen-bond donors (Lipinski definition) is 1. The molecule has 1 amide bonds. The van der Waals surface area contributed by atoms with E-state index in [1.54, 1.807) is 18.2 Å². The Bertz CT molecular complexity index is 813. The Hall–Kier alpha value is -1.60. The molecule has 0 radical (unpaired) electrons. The molecule has 1 aromatic heterocycles. The summed E-state index contributed by atoms with van der Waals surface area (Å²) in [6, 6.07) is 4.92. The molecule has 1 aliphatic heterocycles. The number of rotatable bonds is 4. The first-order chi connectivity index (χ1) is 12.5. The molecule has 0 aliphatic carbocycles. The van der Waals surface area contributed by atoms with Crippen LogP contribution in [0.4, 0.5) is 5.95 Å². The summed E-state index contributed by atoms with van der Waals surface area (Å²) >= 11 is 18.1. The predicted molar refractivity (Wildman–Crippen MR) is 102 cm³/mol. The number of carbonyl (C=O) groups is 1. The molecule has 2 aromatic rings. The van der Waals surface area contributed by atoms with E-state index in [4.69, 9.17) is 39.5 Å². The first-order valence-electron chi connectivity index (χ1n) is 8.06. The van der Waals surface area contributed by atoms with Gasteiger partial charge in [-0.3, -0.25) is 4.79 Å². The van der Waals surface area contributed by atoms with Gasteiger partial charge in [-0.2, -0.15) is 0 Å². The van der Waals surface area contributed by atoms with E-state index in [9.17, 15) is 4.79 Å². The number of morpholine rings is 1. The van der Waals surface area contributed by atoms with Crippen LogP contribution < -0.4 is 10.2 Å². The molecule has 1 aliphatic rings. The standard InChI is InChI=1S/C17H17Cl3N4O2/c1-10(11-2-3-12(18)13(19)8-11)22-16(25)15-14(20)9-21-17(23-15)24-4-6-26-7-5-24/h2-3,8-10H,4-7H2,1H3,(H,22,25). The minimum Gasteiger partial charge on any atom is -0.378 e. The van der Waals surface area contributed by atoms with Gasteiger partial charge in [0.1, 0.15) is 0 Å². The third-order valence-electron chi connectivity index (χ3n) is 4.03. The fraction of sp³-hybridized carbons (Fsp3) is 0.353. The van der Waals surface area contributed by atoms with E-state index in [-0.39, 0.29) is 22.7 Å². The maximum absolute atomic E-state index is 12.6. The smallest absolute Gasteiger partial charge is 0.272 e. The highest BCUT2D eigenvalue weighted by Gasteiger charge is 2.20. The lowest BCUT2D eigenvalue weighted by Crippen LogP contribution is -2.38. The summed E-state index contributed by atoms with van der Waals surface area (Å²) in [5, 5.41) is 3.96. The van der Waals surface area contributed by atoms with Crippen molar-refractivity contribution in [2.75, 3.05) is 31.2 Å². The minimum absolute atomic E-state index is 0.134. The topological polar surface area (TPSA) is 67.4 Å². The van der Waals surface area contributed by atoms with Crippen LogP contribution in [0.25, 0.3) is 0 Å².